The quantitative estimate of drug-likeness (QED) is 0.759. The predicted octanol–water partition coefficient (Wildman–Crippen LogP) is 0.996. The molecule has 0 heterocycles. The van der Waals surface area contributed by atoms with E-state index >= 15 is 0 Å². The van der Waals surface area contributed by atoms with Gasteiger partial charge in [-0.3, -0.25) is 0 Å². The van der Waals surface area contributed by atoms with Crippen LogP contribution in [0.15, 0.2) is 24.4 Å². The van der Waals surface area contributed by atoms with Gasteiger partial charge >= 0.3 is 0 Å². The number of aliphatic hydroxyl groups excluding tert-OH is 1. The molecular formula is C11H15NO3. The Bertz CT molecular complexity index is 337. The first-order chi connectivity index (χ1) is 7.31. The van der Waals surface area contributed by atoms with Crippen molar-refractivity contribution in [2.24, 2.45) is 5.73 Å². The van der Waals surface area contributed by atoms with Crippen molar-refractivity contribution in [2.75, 3.05) is 20.3 Å². The molecule has 4 nitrogen and oxygen atoms in total. The Kier molecular flexibility index (Phi) is 4.50. The summed E-state index contributed by atoms with van der Waals surface area (Å²) in [6, 6.07) is 5.46. The van der Waals surface area contributed by atoms with Gasteiger partial charge in [0.1, 0.15) is 6.61 Å². The highest BCUT2D eigenvalue weighted by Gasteiger charge is 2.03. The van der Waals surface area contributed by atoms with E-state index < -0.39 is 0 Å². The Labute approximate surface area is 88.9 Å². The minimum Gasteiger partial charge on any atom is -0.493 e. The largest absolute Gasteiger partial charge is 0.493 e. The number of rotatable bonds is 5. The number of aliphatic hydroxyl groups is 1. The van der Waals surface area contributed by atoms with Gasteiger partial charge in [0.2, 0.25) is 0 Å². The van der Waals surface area contributed by atoms with Crippen molar-refractivity contribution in [3.63, 3.8) is 0 Å². The summed E-state index contributed by atoms with van der Waals surface area (Å²) < 4.78 is 10.4. The maximum atomic E-state index is 8.64. The van der Waals surface area contributed by atoms with E-state index in [1.807, 2.05) is 12.1 Å². The van der Waals surface area contributed by atoms with Gasteiger partial charge in [0.05, 0.1) is 13.7 Å². The van der Waals surface area contributed by atoms with E-state index in [2.05, 4.69) is 0 Å². The van der Waals surface area contributed by atoms with E-state index in [-0.39, 0.29) is 13.2 Å². The fourth-order valence-corrected chi connectivity index (χ4v) is 1.17. The van der Waals surface area contributed by atoms with E-state index in [1.54, 1.807) is 19.3 Å². The zero-order valence-corrected chi connectivity index (χ0v) is 8.64. The molecule has 0 bridgehead atoms. The Morgan fingerprint density at radius 1 is 1.40 bits per heavy atom. The summed E-state index contributed by atoms with van der Waals surface area (Å²) in [5.74, 6) is 1.24. The molecule has 1 rings (SSSR count). The Balaban J connectivity index is 2.88. The van der Waals surface area contributed by atoms with E-state index in [0.29, 0.717) is 11.5 Å². The van der Waals surface area contributed by atoms with Crippen LogP contribution in [0.4, 0.5) is 0 Å². The molecular weight excluding hydrogens is 194 g/mol. The van der Waals surface area contributed by atoms with E-state index in [1.165, 1.54) is 6.20 Å². The highest BCUT2D eigenvalue weighted by molar-refractivity contribution is 5.55. The fourth-order valence-electron chi connectivity index (χ4n) is 1.17. The van der Waals surface area contributed by atoms with Crippen LogP contribution in [0, 0.1) is 0 Å². The number of nitrogens with two attached hydrogens (primary N) is 1. The molecule has 0 fully saturated rings. The van der Waals surface area contributed by atoms with Crippen LogP contribution in [0.1, 0.15) is 5.56 Å². The van der Waals surface area contributed by atoms with Crippen molar-refractivity contribution in [3.05, 3.63) is 30.0 Å². The Morgan fingerprint density at radius 2 is 2.20 bits per heavy atom. The molecule has 3 N–H and O–H groups in total. The highest BCUT2D eigenvalue weighted by atomic mass is 16.5. The van der Waals surface area contributed by atoms with Gasteiger partial charge in [-0.2, -0.15) is 0 Å². The molecule has 0 saturated carbocycles. The van der Waals surface area contributed by atoms with Crippen molar-refractivity contribution in [3.8, 4) is 11.5 Å². The Hall–Kier alpha value is -1.68. The first-order valence-electron chi connectivity index (χ1n) is 4.61. The smallest absolute Gasteiger partial charge is 0.161 e. The van der Waals surface area contributed by atoms with E-state index in [4.69, 9.17) is 20.3 Å². The van der Waals surface area contributed by atoms with Crippen molar-refractivity contribution < 1.29 is 14.6 Å². The molecule has 0 unspecified atom stereocenters. The van der Waals surface area contributed by atoms with Crippen molar-refractivity contribution >= 4 is 6.08 Å². The van der Waals surface area contributed by atoms with Gasteiger partial charge in [0.15, 0.2) is 11.5 Å². The summed E-state index contributed by atoms with van der Waals surface area (Å²) >= 11 is 0. The molecule has 82 valence electrons. The van der Waals surface area contributed by atoms with Crippen LogP contribution >= 0.6 is 0 Å². The maximum absolute atomic E-state index is 8.64. The van der Waals surface area contributed by atoms with Crippen molar-refractivity contribution in [2.45, 2.75) is 0 Å². The molecule has 0 saturated heterocycles. The molecule has 0 aliphatic carbocycles. The maximum Gasteiger partial charge on any atom is 0.161 e. The van der Waals surface area contributed by atoms with E-state index in [9.17, 15) is 0 Å². The molecule has 15 heavy (non-hydrogen) atoms. The zero-order valence-electron chi connectivity index (χ0n) is 8.64. The lowest BCUT2D eigenvalue weighted by Crippen LogP contribution is -2.03. The molecule has 4 heteroatoms. The van der Waals surface area contributed by atoms with Crippen LogP contribution in [0.25, 0.3) is 6.08 Å². The second kappa shape index (κ2) is 5.93. The van der Waals surface area contributed by atoms with Crippen LogP contribution in [0.2, 0.25) is 0 Å². The van der Waals surface area contributed by atoms with Gasteiger partial charge in [-0.15, -0.1) is 0 Å². The third-order valence-corrected chi connectivity index (χ3v) is 1.83. The average molecular weight is 209 g/mol. The Morgan fingerprint density at radius 3 is 2.80 bits per heavy atom. The van der Waals surface area contributed by atoms with E-state index in [0.717, 1.165) is 5.56 Å². The predicted molar refractivity (Wildman–Crippen MR) is 58.8 cm³/mol. The summed E-state index contributed by atoms with van der Waals surface area (Å²) in [5, 5.41) is 8.64. The third kappa shape index (κ3) is 3.18. The van der Waals surface area contributed by atoms with Gasteiger partial charge < -0.3 is 20.3 Å². The molecule has 0 aliphatic rings. The summed E-state index contributed by atoms with van der Waals surface area (Å²) in [6.07, 6.45) is 3.22. The summed E-state index contributed by atoms with van der Waals surface area (Å²) in [6.45, 7) is 0.232. The van der Waals surface area contributed by atoms with Gasteiger partial charge in [-0.1, -0.05) is 6.07 Å². The molecule has 0 aromatic heterocycles. The van der Waals surface area contributed by atoms with Crippen LogP contribution in [-0.2, 0) is 0 Å². The molecule has 0 aliphatic heterocycles. The van der Waals surface area contributed by atoms with Gasteiger partial charge in [0, 0.05) is 0 Å². The minimum atomic E-state index is -0.0202. The van der Waals surface area contributed by atoms with Gasteiger partial charge in [-0.05, 0) is 30.0 Å². The number of hydrogen-bond acceptors (Lipinski definition) is 4. The van der Waals surface area contributed by atoms with Gasteiger partial charge in [0.25, 0.3) is 0 Å². The topological polar surface area (TPSA) is 64.7 Å². The van der Waals surface area contributed by atoms with Gasteiger partial charge in [-0.25, -0.2) is 0 Å². The van der Waals surface area contributed by atoms with Crippen LogP contribution < -0.4 is 15.2 Å². The summed E-state index contributed by atoms with van der Waals surface area (Å²) in [4.78, 5) is 0. The van der Waals surface area contributed by atoms with Crippen molar-refractivity contribution in [1.29, 1.82) is 0 Å². The SMILES string of the molecule is COc1cc(/C=C/N)ccc1OCCO. The molecule has 0 spiro atoms. The number of hydrogen-bond donors (Lipinski definition) is 2. The lowest BCUT2D eigenvalue weighted by molar-refractivity contribution is 0.196. The lowest BCUT2D eigenvalue weighted by Gasteiger charge is -2.10. The first kappa shape index (κ1) is 11.4. The monoisotopic (exact) mass is 209 g/mol. The minimum absolute atomic E-state index is 0.0202. The number of methoxy groups -OCH3 is 1. The average Bonchev–Trinajstić information content (AvgIpc) is 2.27. The van der Waals surface area contributed by atoms with Crippen molar-refractivity contribution in [1.82, 2.24) is 0 Å². The molecule has 0 atom stereocenters. The van der Waals surface area contributed by atoms with Crippen LogP contribution in [0.5, 0.6) is 11.5 Å². The first-order valence-corrected chi connectivity index (χ1v) is 4.61. The highest BCUT2D eigenvalue weighted by Crippen LogP contribution is 2.28. The second-order valence-electron chi connectivity index (χ2n) is 2.84. The standard InChI is InChI=1S/C11H15NO3/c1-14-11-8-9(4-5-12)2-3-10(11)15-7-6-13/h2-5,8,13H,6-7,12H2,1H3/b5-4+. The normalized spacial score (nSPS) is 10.5. The summed E-state index contributed by atoms with van der Waals surface area (Å²) in [5.41, 5.74) is 6.22. The van der Waals surface area contributed by atoms with Crippen LogP contribution in [0.3, 0.4) is 0 Å². The zero-order chi connectivity index (χ0) is 11.1. The van der Waals surface area contributed by atoms with Crippen LogP contribution in [-0.4, -0.2) is 25.4 Å². The second-order valence-corrected chi connectivity index (χ2v) is 2.84. The molecule has 1 aromatic rings. The summed E-state index contributed by atoms with van der Waals surface area (Å²) in [7, 11) is 1.57. The fraction of sp³-hybridized carbons (Fsp3) is 0.273. The lowest BCUT2D eigenvalue weighted by atomic mass is 10.2. The molecule has 1 aromatic carbocycles. The molecule has 0 amide bonds. The third-order valence-electron chi connectivity index (χ3n) is 1.83. The number of ether oxygens (including phenoxy) is 2. The molecule has 0 radical (unpaired) electrons. The number of benzene rings is 1.